The molecule has 68 valence electrons. The molecule has 0 aliphatic rings. The highest BCUT2D eigenvalue weighted by Gasteiger charge is 2.06. The first-order valence-corrected chi connectivity index (χ1v) is 3.70. The minimum Gasteiger partial charge on any atom is -0.506 e. The number of anilines is 1. The molecule has 0 saturated carbocycles. The molecule has 0 amide bonds. The summed E-state index contributed by atoms with van der Waals surface area (Å²) < 4.78 is 0. The highest BCUT2D eigenvalue weighted by molar-refractivity contribution is 5.59. The molecule has 0 radical (unpaired) electrons. The fourth-order valence-electron chi connectivity index (χ4n) is 0.944. The first-order valence-electron chi connectivity index (χ1n) is 3.70. The van der Waals surface area contributed by atoms with E-state index in [1.165, 1.54) is 18.2 Å². The number of nitrogens with zero attached hydrogens (tertiary/aromatic N) is 2. The van der Waals surface area contributed by atoms with Gasteiger partial charge in [0, 0.05) is 7.05 Å². The van der Waals surface area contributed by atoms with Crippen molar-refractivity contribution in [3.05, 3.63) is 23.8 Å². The van der Waals surface area contributed by atoms with Gasteiger partial charge in [-0.3, -0.25) is 9.90 Å². The summed E-state index contributed by atoms with van der Waals surface area (Å²) in [5.74, 6) is 0.0864. The van der Waals surface area contributed by atoms with Crippen molar-refractivity contribution in [1.29, 1.82) is 5.26 Å². The Bertz CT molecular complexity index is 344. The SMILES string of the molecule is CON(C)c1cc(C#N)ccc1O. The molecule has 0 aliphatic heterocycles. The molecule has 1 rings (SSSR count). The van der Waals surface area contributed by atoms with Crippen LogP contribution in [0, 0.1) is 11.3 Å². The molecule has 1 aromatic rings. The maximum Gasteiger partial charge on any atom is 0.141 e. The van der Waals surface area contributed by atoms with Crippen LogP contribution in [0.2, 0.25) is 0 Å². The molecular formula is C9H10N2O2. The van der Waals surface area contributed by atoms with Gasteiger partial charge in [0.15, 0.2) is 0 Å². The molecule has 0 unspecified atom stereocenters. The Kier molecular flexibility index (Phi) is 2.72. The molecule has 0 saturated heterocycles. The minimum absolute atomic E-state index is 0.0864. The smallest absolute Gasteiger partial charge is 0.141 e. The molecule has 1 N–H and O–H groups in total. The number of hydrogen-bond donors (Lipinski definition) is 1. The summed E-state index contributed by atoms with van der Waals surface area (Å²) >= 11 is 0. The molecular weight excluding hydrogens is 168 g/mol. The second kappa shape index (κ2) is 3.78. The molecule has 0 atom stereocenters. The lowest BCUT2D eigenvalue weighted by atomic mass is 10.2. The van der Waals surface area contributed by atoms with Crippen LogP contribution in [0.3, 0.4) is 0 Å². The quantitative estimate of drug-likeness (QED) is 0.692. The monoisotopic (exact) mass is 178 g/mol. The zero-order valence-corrected chi connectivity index (χ0v) is 7.48. The second-order valence-corrected chi connectivity index (χ2v) is 2.50. The third-order valence-electron chi connectivity index (χ3n) is 1.72. The molecule has 0 heterocycles. The van der Waals surface area contributed by atoms with Crippen LogP contribution < -0.4 is 5.06 Å². The number of hydrogen-bond acceptors (Lipinski definition) is 4. The van der Waals surface area contributed by atoms with Crippen molar-refractivity contribution in [2.24, 2.45) is 0 Å². The first-order chi connectivity index (χ1) is 6.19. The molecule has 0 bridgehead atoms. The molecule has 0 aromatic heterocycles. The zero-order valence-electron chi connectivity index (χ0n) is 7.48. The van der Waals surface area contributed by atoms with Gasteiger partial charge in [-0.1, -0.05) is 0 Å². The number of benzene rings is 1. The zero-order chi connectivity index (χ0) is 9.84. The summed E-state index contributed by atoms with van der Waals surface area (Å²) in [6.45, 7) is 0. The van der Waals surface area contributed by atoms with Gasteiger partial charge >= 0.3 is 0 Å². The van der Waals surface area contributed by atoms with E-state index >= 15 is 0 Å². The second-order valence-electron chi connectivity index (χ2n) is 2.50. The van der Waals surface area contributed by atoms with Crippen molar-refractivity contribution in [1.82, 2.24) is 0 Å². The molecule has 4 heteroatoms. The van der Waals surface area contributed by atoms with Crippen molar-refractivity contribution >= 4 is 5.69 Å². The Hall–Kier alpha value is -1.73. The van der Waals surface area contributed by atoms with E-state index in [1.807, 2.05) is 6.07 Å². The summed E-state index contributed by atoms with van der Waals surface area (Å²) in [6, 6.07) is 6.54. The fraction of sp³-hybridized carbons (Fsp3) is 0.222. The van der Waals surface area contributed by atoms with Crippen molar-refractivity contribution in [2.45, 2.75) is 0 Å². The highest BCUT2D eigenvalue weighted by atomic mass is 16.7. The predicted molar refractivity (Wildman–Crippen MR) is 48.2 cm³/mol. The lowest BCUT2D eigenvalue weighted by Crippen LogP contribution is -2.14. The van der Waals surface area contributed by atoms with Crippen LogP contribution in [0.25, 0.3) is 0 Å². The third kappa shape index (κ3) is 1.89. The van der Waals surface area contributed by atoms with Crippen LogP contribution in [-0.4, -0.2) is 19.3 Å². The van der Waals surface area contributed by atoms with Crippen LogP contribution >= 0.6 is 0 Å². The van der Waals surface area contributed by atoms with Crippen molar-refractivity contribution in [3.63, 3.8) is 0 Å². The summed E-state index contributed by atoms with van der Waals surface area (Å²) in [4.78, 5) is 4.88. The van der Waals surface area contributed by atoms with Crippen LogP contribution in [0.1, 0.15) is 5.56 Å². The number of aromatic hydroxyl groups is 1. The van der Waals surface area contributed by atoms with Gasteiger partial charge in [-0.05, 0) is 18.2 Å². The Labute approximate surface area is 76.5 Å². The van der Waals surface area contributed by atoms with E-state index in [-0.39, 0.29) is 5.75 Å². The Balaban J connectivity index is 3.12. The number of phenolic OH excluding ortho intramolecular Hbond substituents is 1. The average Bonchev–Trinajstić information content (AvgIpc) is 2.17. The van der Waals surface area contributed by atoms with E-state index in [1.54, 1.807) is 19.2 Å². The largest absolute Gasteiger partial charge is 0.506 e. The summed E-state index contributed by atoms with van der Waals surface area (Å²) in [5.41, 5.74) is 0.957. The van der Waals surface area contributed by atoms with Gasteiger partial charge in [0.1, 0.15) is 11.4 Å². The van der Waals surface area contributed by atoms with Gasteiger partial charge in [0.2, 0.25) is 0 Å². The Morgan fingerprint density at radius 3 is 2.77 bits per heavy atom. The third-order valence-corrected chi connectivity index (χ3v) is 1.72. The first kappa shape index (κ1) is 9.36. The van der Waals surface area contributed by atoms with Crippen LogP contribution in [0.5, 0.6) is 5.75 Å². The van der Waals surface area contributed by atoms with Gasteiger partial charge in [-0.15, -0.1) is 0 Å². The van der Waals surface area contributed by atoms with E-state index in [0.717, 1.165) is 0 Å². The van der Waals surface area contributed by atoms with E-state index in [9.17, 15) is 5.11 Å². The lowest BCUT2D eigenvalue weighted by Gasteiger charge is -2.16. The van der Waals surface area contributed by atoms with E-state index in [4.69, 9.17) is 10.1 Å². The lowest BCUT2D eigenvalue weighted by molar-refractivity contribution is 0.183. The molecule has 4 nitrogen and oxygen atoms in total. The van der Waals surface area contributed by atoms with Gasteiger partial charge in [0.25, 0.3) is 0 Å². The van der Waals surface area contributed by atoms with Crippen molar-refractivity contribution < 1.29 is 9.94 Å². The normalized spacial score (nSPS) is 9.31. The molecule has 0 aliphatic carbocycles. The van der Waals surface area contributed by atoms with Gasteiger partial charge in [0.05, 0.1) is 18.7 Å². The number of hydroxylamine groups is 1. The maximum absolute atomic E-state index is 9.40. The van der Waals surface area contributed by atoms with Crippen LogP contribution in [0.15, 0.2) is 18.2 Å². The van der Waals surface area contributed by atoms with Crippen molar-refractivity contribution in [2.75, 3.05) is 19.2 Å². The van der Waals surface area contributed by atoms with E-state index < -0.39 is 0 Å². The molecule has 0 spiro atoms. The van der Waals surface area contributed by atoms with E-state index in [0.29, 0.717) is 11.3 Å². The Morgan fingerprint density at radius 2 is 2.23 bits per heavy atom. The Morgan fingerprint density at radius 1 is 1.54 bits per heavy atom. The summed E-state index contributed by atoms with van der Waals surface area (Å²) in [5, 5.41) is 19.4. The summed E-state index contributed by atoms with van der Waals surface area (Å²) in [7, 11) is 3.13. The van der Waals surface area contributed by atoms with Gasteiger partial charge in [-0.2, -0.15) is 5.26 Å². The maximum atomic E-state index is 9.40. The topological polar surface area (TPSA) is 56.5 Å². The van der Waals surface area contributed by atoms with Gasteiger partial charge in [-0.25, -0.2) is 0 Å². The number of nitriles is 1. The fourth-order valence-corrected chi connectivity index (χ4v) is 0.944. The van der Waals surface area contributed by atoms with Crippen LogP contribution in [-0.2, 0) is 4.84 Å². The number of rotatable bonds is 2. The molecule has 13 heavy (non-hydrogen) atoms. The molecule has 0 fully saturated rings. The number of phenols is 1. The minimum atomic E-state index is 0.0864. The van der Waals surface area contributed by atoms with Gasteiger partial charge < -0.3 is 5.11 Å². The van der Waals surface area contributed by atoms with Crippen molar-refractivity contribution in [3.8, 4) is 11.8 Å². The standard InChI is InChI=1S/C9H10N2O2/c1-11(13-2)8-5-7(6-10)3-4-9(8)12/h3-5,12H,1-2H3. The summed E-state index contributed by atoms with van der Waals surface area (Å²) in [6.07, 6.45) is 0. The average molecular weight is 178 g/mol. The van der Waals surface area contributed by atoms with Crippen LogP contribution in [0.4, 0.5) is 5.69 Å². The predicted octanol–water partition coefficient (Wildman–Crippen LogP) is 1.26. The van der Waals surface area contributed by atoms with E-state index in [2.05, 4.69) is 0 Å². The molecule has 1 aromatic carbocycles. The highest BCUT2D eigenvalue weighted by Crippen LogP contribution is 2.26.